The van der Waals surface area contributed by atoms with Gasteiger partial charge in [0.1, 0.15) is 5.82 Å². The van der Waals surface area contributed by atoms with Gasteiger partial charge < -0.3 is 15.1 Å². The van der Waals surface area contributed by atoms with E-state index in [2.05, 4.69) is 10.2 Å². The number of hydrogen-bond acceptors (Lipinski definition) is 2. The van der Waals surface area contributed by atoms with Crippen LogP contribution in [0.4, 0.5) is 14.9 Å². The van der Waals surface area contributed by atoms with E-state index in [0.29, 0.717) is 49.2 Å². The lowest BCUT2D eigenvalue weighted by Crippen LogP contribution is -2.52. The molecule has 26 heavy (non-hydrogen) atoms. The van der Waals surface area contributed by atoms with Gasteiger partial charge in [0.2, 0.25) is 0 Å². The molecule has 2 aromatic rings. The van der Waals surface area contributed by atoms with Crippen molar-refractivity contribution in [1.29, 1.82) is 0 Å². The predicted octanol–water partition coefficient (Wildman–Crippen LogP) is 4.21. The van der Waals surface area contributed by atoms with Gasteiger partial charge in [0.05, 0.1) is 0 Å². The second-order valence-electron chi connectivity index (χ2n) is 6.17. The fourth-order valence-corrected chi connectivity index (χ4v) is 3.48. The molecule has 1 heterocycles. The number of nitrogens with one attached hydrogen (secondary N) is 1. The molecule has 0 aliphatic carbocycles. The van der Waals surface area contributed by atoms with E-state index in [1.807, 2.05) is 12.1 Å². The summed E-state index contributed by atoms with van der Waals surface area (Å²) in [5.41, 5.74) is 1.80. The maximum absolute atomic E-state index is 13.3. The van der Waals surface area contributed by atoms with Gasteiger partial charge in [-0.1, -0.05) is 35.3 Å². The van der Waals surface area contributed by atoms with Crippen LogP contribution in [0.5, 0.6) is 0 Å². The fourth-order valence-electron chi connectivity index (χ4n) is 2.98. The van der Waals surface area contributed by atoms with Crippen molar-refractivity contribution in [1.82, 2.24) is 10.2 Å². The molecule has 0 aromatic heterocycles. The molecule has 0 bridgehead atoms. The van der Waals surface area contributed by atoms with Crippen molar-refractivity contribution in [2.45, 2.75) is 6.42 Å². The van der Waals surface area contributed by atoms with Crippen molar-refractivity contribution >= 4 is 34.9 Å². The lowest BCUT2D eigenvalue weighted by molar-refractivity contribution is 0.194. The Kier molecular flexibility index (Phi) is 6.22. The number of urea groups is 1. The SMILES string of the molecule is O=C(NCCc1ccc(Cl)cc1Cl)N1CCN(c2cccc(F)c2)CC1. The molecular formula is C19H20Cl2FN3O. The van der Waals surface area contributed by atoms with Crippen LogP contribution in [0.3, 0.4) is 0 Å². The third-order valence-corrected chi connectivity index (χ3v) is 5.01. The first-order chi connectivity index (χ1) is 12.5. The highest BCUT2D eigenvalue weighted by molar-refractivity contribution is 6.35. The summed E-state index contributed by atoms with van der Waals surface area (Å²) in [7, 11) is 0. The summed E-state index contributed by atoms with van der Waals surface area (Å²) in [4.78, 5) is 16.2. The summed E-state index contributed by atoms with van der Waals surface area (Å²) in [6.45, 7) is 3.07. The molecular weight excluding hydrogens is 376 g/mol. The van der Waals surface area contributed by atoms with Crippen LogP contribution >= 0.6 is 23.2 Å². The summed E-state index contributed by atoms with van der Waals surface area (Å²) < 4.78 is 13.3. The van der Waals surface area contributed by atoms with E-state index in [1.54, 1.807) is 23.1 Å². The molecule has 2 amide bonds. The Morgan fingerprint density at radius 1 is 1.08 bits per heavy atom. The number of rotatable bonds is 4. The van der Waals surface area contributed by atoms with Gasteiger partial charge in [0.25, 0.3) is 0 Å². The van der Waals surface area contributed by atoms with Crippen molar-refractivity contribution in [3.63, 3.8) is 0 Å². The third kappa shape index (κ3) is 4.80. The van der Waals surface area contributed by atoms with Crippen molar-refractivity contribution < 1.29 is 9.18 Å². The molecule has 1 fully saturated rings. The maximum atomic E-state index is 13.3. The van der Waals surface area contributed by atoms with Crippen LogP contribution in [0.15, 0.2) is 42.5 Å². The Morgan fingerprint density at radius 3 is 2.54 bits per heavy atom. The largest absolute Gasteiger partial charge is 0.368 e. The standard InChI is InChI=1S/C19H20Cl2FN3O/c20-15-5-4-14(18(21)12-15)6-7-23-19(26)25-10-8-24(9-11-25)17-3-1-2-16(22)13-17/h1-5,12-13H,6-11H2,(H,23,26). The molecule has 4 nitrogen and oxygen atoms in total. The van der Waals surface area contributed by atoms with Gasteiger partial charge in [-0.3, -0.25) is 0 Å². The molecule has 3 rings (SSSR count). The fraction of sp³-hybridized carbons (Fsp3) is 0.316. The number of halogens is 3. The molecule has 0 unspecified atom stereocenters. The van der Waals surface area contributed by atoms with Crippen LogP contribution in [0.2, 0.25) is 10.0 Å². The zero-order valence-corrected chi connectivity index (χ0v) is 15.7. The Hall–Kier alpha value is -1.98. The molecule has 0 atom stereocenters. The highest BCUT2D eigenvalue weighted by Gasteiger charge is 2.21. The van der Waals surface area contributed by atoms with Gasteiger partial charge in [-0.05, 0) is 42.3 Å². The smallest absolute Gasteiger partial charge is 0.317 e. The molecule has 1 N–H and O–H groups in total. The Morgan fingerprint density at radius 2 is 1.85 bits per heavy atom. The molecule has 2 aromatic carbocycles. The number of carbonyl (C=O) groups excluding carboxylic acids is 1. The van der Waals surface area contributed by atoms with Gasteiger partial charge in [-0.15, -0.1) is 0 Å². The van der Waals surface area contributed by atoms with E-state index in [4.69, 9.17) is 23.2 Å². The Balaban J connectivity index is 1.45. The zero-order chi connectivity index (χ0) is 18.5. The van der Waals surface area contributed by atoms with E-state index in [1.165, 1.54) is 12.1 Å². The van der Waals surface area contributed by atoms with Crippen LogP contribution in [0, 0.1) is 5.82 Å². The van der Waals surface area contributed by atoms with Gasteiger partial charge in [0, 0.05) is 48.5 Å². The maximum Gasteiger partial charge on any atom is 0.317 e. The van der Waals surface area contributed by atoms with Crippen molar-refractivity contribution in [3.05, 3.63) is 63.9 Å². The normalized spacial score (nSPS) is 14.4. The van der Waals surface area contributed by atoms with Crippen LogP contribution in [-0.2, 0) is 6.42 Å². The molecule has 138 valence electrons. The van der Waals surface area contributed by atoms with E-state index in [9.17, 15) is 9.18 Å². The van der Waals surface area contributed by atoms with Gasteiger partial charge >= 0.3 is 6.03 Å². The first-order valence-electron chi connectivity index (χ1n) is 8.50. The van der Waals surface area contributed by atoms with Crippen molar-refractivity contribution in [3.8, 4) is 0 Å². The van der Waals surface area contributed by atoms with Crippen molar-refractivity contribution in [2.75, 3.05) is 37.6 Å². The summed E-state index contributed by atoms with van der Waals surface area (Å²) in [6, 6.07) is 11.8. The number of piperazine rings is 1. The van der Waals surface area contributed by atoms with Crippen LogP contribution < -0.4 is 10.2 Å². The molecule has 0 spiro atoms. The Bertz CT molecular complexity index is 779. The summed E-state index contributed by atoms with van der Waals surface area (Å²) in [5, 5.41) is 4.13. The van der Waals surface area contributed by atoms with Gasteiger partial charge in [-0.2, -0.15) is 0 Å². The molecule has 1 saturated heterocycles. The average molecular weight is 396 g/mol. The minimum absolute atomic E-state index is 0.0889. The van der Waals surface area contributed by atoms with E-state index < -0.39 is 0 Å². The van der Waals surface area contributed by atoms with Crippen LogP contribution in [0.25, 0.3) is 0 Å². The number of nitrogens with zero attached hydrogens (tertiary/aromatic N) is 2. The van der Waals surface area contributed by atoms with Gasteiger partial charge in [-0.25, -0.2) is 9.18 Å². The number of carbonyl (C=O) groups is 1. The topological polar surface area (TPSA) is 35.6 Å². The average Bonchev–Trinajstić information content (AvgIpc) is 2.63. The number of benzene rings is 2. The van der Waals surface area contributed by atoms with E-state index in [-0.39, 0.29) is 11.8 Å². The lowest BCUT2D eigenvalue weighted by Gasteiger charge is -2.36. The van der Waals surface area contributed by atoms with Gasteiger partial charge in [0.15, 0.2) is 0 Å². The molecule has 0 saturated carbocycles. The monoisotopic (exact) mass is 395 g/mol. The number of hydrogen-bond donors (Lipinski definition) is 1. The van der Waals surface area contributed by atoms with E-state index >= 15 is 0 Å². The highest BCUT2D eigenvalue weighted by Crippen LogP contribution is 2.21. The van der Waals surface area contributed by atoms with E-state index in [0.717, 1.165) is 11.3 Å². The second-order valence-corrected chi connectivity index (χ2v) is 7.02. The summed E-state index contributed by atoms with van der Waals surface area (Å²) in [5.74, 6) is -0.247. The zero-order valence-electron chi connectivity index (χ0n) is 14.2. The highest BCUT2D eigenvalue weighted by atomic mass is 35.5. The first-order valence-corrected chi connectivity index (χ1v) is 9.26. The van der Waals surface area contributed by atoms with Crippen LogP contribution in [0.1, 0.15) is 5.56 Å². The predicted molar refractivity (Wildman–Crippen MR) is 104 cm³/mol. The lowest BCUT2D eigenvalue weighted by atomic mass is 10.1. The molecule has 1 aliphatic rings. The Labute approximate surface area is 162 Å². The quantitative estimate of drug-likeness (QED) is 0.841. The summed E-state index contributed by atoms with van der Waals surface area (Å²) >= 11 is 12.0. The number of anilines is 1. The van der Waals surface area contributed by atoms with Crippen molar-refractivity contribution in [2.24, 2.45) is 0 Å². The molecule has 7 heteroatoms. The first kappa shape index (κ1) is 18.8. The minimum Gasteiger partial charge on any atom is -0.368 e. The minimum atomic E-state index is -0.247. The molecule has 1 aliphatic heterocycles. The third-order valence-electron chi connectivity index (χ3n) is 4.43. The second kappa shape index (κ2) is 8.60. The molecule has 0 radical (unpaired) electrons. The summed E-state index contributed by atoms with van der Waals surface area (Å²) in [6.07, 6.45) is 0.644. The van der Waals surface area contributed by atoms with Crippen LogP contribution in [-0.4, -0.2) is 43.7 Å². The number of amides is 2.